The van der Waals surface area contributed by atoms with Gasteiger partial charge >= 0.3 is 19.5 Å². The normalized spacial score (nSPS) is 6.73. The summed E-state index contributed by atoms with van der Waals surface area (Å²) in [4.78, 5) is 0. The van der Waals surface area contributed by atoms with Gasteiger partial charge in [0.1, 0.15) is 0 Å². The molecule has 65 valence electrons. The maximum atomic E-state index is 7.94. The van der Waals surface area contributed by atoms with Crippen molar-refractivity contribution in [1.29, 1.82) is 0 Å². The van der Waals surface area contributed by atoms with Gasteiger partial charge in [0.2, 0.25) is 0 Å². The van der Waals surface area contributed by atoms with Crippen molar-refractivity contribution in [3.63, 3.8) is 0 Å². The Balaban J connectivity index is 0. The molecule has 0 atom stereocenters. The molecule has 3 heteroatoms. The number of methoxy groups -OCH3 is 1. The molecule has 0 aliphatic rings. The molecular weight excluding hydrogens is 187 g/mol. The fourth-order valence-corrected chi connectivity index (χ4v) is 0.508. The zero-order valence-electron chi connectivity index (χ0n) is 6.46. The molecular formula is C8H10CoO2-2. The zero-order valence-corrected chi connectivity index (χ0v) is 7.50. The first-order valence-corrected chi connectivity index (χ1v) is 2.99. The molecule has 0 fully saturated rings. The van der Waals surface area contributed by atoms with Crippen LogP contribution in [0.15, 0.2) is 24.3 Å². The quantitative estimate of drug-likeness (QED) is 0.642. The van der Waals surface area contributed by atoms with Crippen LogP contribution in [0.1, 0.15) is 0 Å². The molecule has 1 aromatic carbocycles. The van der Waals surface area contributed by atoms with Crippen molar-refractivity contribution in [2.24, 2.45) is 0 Å². The molecule has 0 bridgehead atoms. The van der Waals surface area contributed by atoms with E-state index in [1.165, 1.54) is 0 Å². The van der Waals surface area contributed by atoms with E-state index >= 15 is 0 Å². The topological polar surface area (TPSA) is 26.3 Å². The summed E-state index contributed by atoms with van der Waals surface area (Å²) in [6.07, 6.45) is 0. The Labute approximate surface area is 75.4 Å². The van der Waals surface area contributed by atoms with E-state index in [1.807, 2.05) is 24.3 Å². The van der Waals surface area contributed by atoms with Crippen LogP contribution in [-0.2, 0) is 19.5 Å². The Morgan fingerprint density at radius 3 is 2.09 bits per heavy atom. The second-order valence-electron chi connectivity index (χ2n) is 1.44. The third kappa shape index (κ3) is 5.76. The molecule has 0 saturated carbocycles. The Hall–Kier alpha value is -0.674. The average molecular weight is 197 g/mol. The molecule has 0 unspecified atom stereocenters. The van der Waals surface area contributed by atoms with Crippen LogP contribution in [0.4, 0.5) is 0 Å². The van der Waals surface area contributed by atoms with Gasteiger partial charge in [0, 0.05) is 5.75 Å². The Morgan fingerprint density at radius 1 is 1.36 bits per heavy atom. The Morgan fingerprint density at radius 2 is 1.82 bits per heavy atom. The third-order valence-corrected chi connectivity index (χ3v) is 0.923. The molecule has 11 heavy (non-hydrogen) atoms. The van der Waals surface area contributed by atoms with Crippen LogP contribution in [-0.4, -0.2) is 7.11 Å². The van der Waals surface area contributed by atoms with Crippen molar-refractivity contribution in [3.05, 3.63) is 37.8 Å². The number of benzene rings is 1. The summed E-state index contributed by atoms with van der Waals surface area (Å²) < 4.78 is 12.8. The molecule has 0 aromatic heterocycles. The van der Waals surface area contributed by atoms with Gasteiger partial charge in [-0.2, -0.15) is 18.2 Å². The monoisotopic (exact) mass is 197 g/mol. The van der Waals surface area contributed by atoms with Crippen LogP contribution in [0.5, 0.6) is 5.75 Å². The van der Waals surface area contributed by atoms with Gasteiger partial charge in [-0.3, -0.25) is 0 Å². The second-order valence-corrected chi connectivity index (χ2v) is 1.44. The third-order valence-electron chi connectivity index (χ3n) is 0.923. The fraction of sp³-hybridized carbons (Fsp3) is 0.125. The minimum absolute atomic E-state index is 0. The van der Waals surface area contributed by atoms with Crippen LogP contribution in [0, 0.1) is 13.5 Å². The first kappa shape index (κ1) is 13.0. The van der Waals surface area contributed by atoms with Gasteiger partial charge in [-0.15, -0.1) is 12.1 Å². The molecule has 0 spiro atoms. The van der Waals surface area contributed by atoms with E-state index in [4.69, 9.17) is 8.60 Å². The Kier molecular flexibility index (Phi) is 11.0. The fourth-order valence-electron chi connectivity index (χ4n) is 0.508. The number of ether oxygens (including phenoxy) is 1. The van der Waals surface area contributed by atoms with Crippen molar-refractivity contribution in [3.8, 4) is 5.75 Å². The Bertz CT molecular complexity index is 165. The minimum atomic E-state index is 0. The van der Waals surface area contributed by atoms with Crippen LogP contribution in [0.3, 0.4) is 0 Å². The molecule has 0 aliphatic carbocycles. The first-order chi connectivity index (χ1) is 4.93. The SMILES string of the molecule is COc1cc[c-]cc1.[CH3-].[O]=[Co]. The van der Waals surface area contributed by atoms with Crippen molar-refractivity contribution < 1.29 is 24.3 Å². The molecule has 0 aliphatic heterocycles. The maximum absolute atomic E-state index is 7.94. The number of hydrogen-bond donors (Lipinski definition) is 0. The summed E-state index contributed by atoms with van der Waals surface area (Å²) in [7, 11) is 1.65. The van der Waals surface area contributed by atoms with Crippen LogP contribution in [0.25, 0.3) is 0 Å². The van der Waals surface area contributed by atoms with E-state index < -0.39 is 0 Å². The van der Waals surface area contributed by atoms with Crippen LogP contribution in [0.2, 0.25) is 0 Å². The van der Waals surface area contributed by atoms with E-state index in [1.54, 1.807) is 7.11 Å². The summed E-state index contributed by atoms with van der Waals surface area (Å²) in [6.45, 7) is 0. The molecule has 1 rings (SSSR count). The average Bonchev–Trinajstić information content (AvgIpc) is 2.10. The summed E-state index contributed by atoms with van der Waals surface area (Å²) in [5.41, 5.74) is 0. The number of rotatable bonds is 1. The summed E-state index contributed by atoms with van der Waals surface area (Å²) in [6, 6.07) is 10.2. The van der Waals surface area contributed by atoms with Crippen LogP contribution < -0.4 is 4.74 Å². The van der Waals surface area contributed by atoms with Gasteiger partial charge in [-0.1, -0.05) is 0 Å². The summed E-state index contributed by atoms with van der Waals surface area (Å²) in [5, 5.41) is 0. The van der Waals surface area contributed by atoms with Crippen molar-refractivity contribution in [1.82, 2.24) is 0 Å². The van der Waals surface area contributed by atoms with Gasteiger partial charge in [0.05, 0.1) is 7.11 Å². The van der Waals surface area contributed by atoms with Crippen molar-refractivity contribution in [2.75, 3.05) is 7.11 Å². The zero-order chi connectivity index (χ0) is 7.82. The predicted molar refractivity (Wildman–Crippen MR) is 38.9 cm³/mol. The van der Waals surface area contributed by atoms with Gasteiger partial charge in [0.15, 0.2) is 0 Å². The van der Waals surface area contributed by atoms with Gasteiger partial charge in [0.25, 0.3) is 0 Å². The molecule has 0 radical (unpaired) electrons. The van der Waals surface area contributed by atoms with E-state index in [-0.39, 0.29) is 7.43 Å². The molecule has 1 aromatic rings. The van der Waals surface area contributed by atoms with Gasteiger partial charge < -0.3 is 12.2 Å². The standard InChI is InChI=1S/C7H7O.CH3.Co.O/c1-8-7-5-3-2-4-6-7;;;/h3-6H,1H3;1H3;;/q2*-1;;. The predicted octanol–water partition coefficient (Wildman–Crippen LogP) is 1.82. The molecule has 0 amide bonds. The first-order valence-electron chi connectivity index (χ1n) is 2.57. The summed E-state index contributed by atoms with van der Waals surface area (Å²) in [5.74, 6) is 0.878. The van der Waals surface area contributed by atoms with E-state index in [9.17, 15) is 0 Å². The van der Waals surface area contributed by atoms with Crippen LogP contribution >= 0.6 is 0 Å². The molecule has 0 heterocycles. The molecule has 2 nitrogen and oxygen atoms in total. The van der Waals surface area contributed by atoms with Crippen molar-refractivity contribution in [2.45, 2.75) is 0 Å². The second kappa shape index (κ2) is 9.33. The van der Waals surface area contributed by atoms with E-state index in [2.05, 4.69) is 21.7 Å². The summed E-state index contributed by atoms with van der Waals surface area (Å²) >= 11 is 2.31. The molecule has 0 N–H and O–H groups in total. The van der Waals surface area contributed by atoms with Gasteiger partial charge in [-0.25, -0.2) is 0 Å². The van der Waals surface area contributed by atoms with E-state index in [0.717, 1.165) is 5.75 Å². The van der Waals surface area contributed by atoms with Gasteiger partial charge in [-0.05, 0) is 0 Å². The molecule has 0 saturated heterocycles. The number of hydrogen-bond acceptors (Lipinski definition) is 2. The van der Waals surface area contributed by atoms with E-state index in [0.29, 0.717) is 0 Å². The van der Waals surface area contributed by atoms with Crippen molar-refractivity contribution >= 4 is 0 Å².